The van der Waals surface area contributed by atoms with E-state index in [0.717, 1.165) is 5.69 Å². The van der Waals surface area contributed by atoms with Crippen LogP contribution in [0.3, 0.4) is 0 Å². The van der Waals surface area contributed by atoms with Crippen LogP contribution in [0.4, 0.5) is 5.69 Å². The highest BCUT2D eigenvalue weighted by molar-refractivity contribution is 7.46. The van der Waals surface area contributed by atoms with Crippen LogP contribution in [0.2, 0.25) is 0 Å². The number of carbonyl (C=O) groups is 3. The van der Waals surface area contributed by atoms with Crippen molar-refractivity contribution in [2.24, 2.45) is 11.3 Å². The second-order valence-electron chi connectivity index (χ2n) is 10.0. The molecule has 0 saturated heterocycles. The van der Waals surface area contributed by atoms with E-state index in [1.807, 2.05) is 51.1 Å². The number of hydrogen-bond donors (Lipinski definition) is 3. The van der Waals surface area contributed by atoms with Crippen LogP contribution in [-0.4, -0.2) is 40.5 Å². The van der Waals surface area contributed by atoms with Crippen LogP contribution in [0.1, 0.15) is 46.6 Å². The molecule has 200 valence electrons. The lowest BCUT2D eigenvalue weighted by Crippen LogP contribution is -2.49. The second kappa shape index (κ2) is 12.3. The van der Waals surface area contributed by atoms with Crippen LogP contribution in [0, 0.1) is 11.3 Å². The first kappa shape index (κ1) is 30.0. The lowest BCUT2D eigenvalue weighted by atomic mass is 9.81. The van der Waals surface area contributed by atoms with Gasteiger partial charge in [-0.2, -0.15) is 0 Å². The fourth-order valence-electron chi connectivity index (χ4n) is 3.78. The molecule has 0 aliphatic heterocycles. The number of Topliss-reactive ketones (excluding diaryl/α,β-unsaturated/α-hetero) is 1. The molecule has 3 N–H and O–H groups in total. The number of ketones is 1. The number of carbonyl (C=O) groups excluding carboxylic acids is 3. The first-order valence-corrected chi connectivity index (χ1v) is 13.3. The average Bonchev–Trinajstić information content (AvgIpc) is 2.80. The van der Waals surface area contributed by atoms with Gasteiger partial charge < -0.3 is 14.7 Å². The molecule has 0 aromatic heterocycles. The first-order valence-electron chi connectivity index (χ1n) is 11.8. The topological polar surface area (TPSA) is 133 Å². The molecule has 0 saturated carbocycles. The van der Waals surface area contributed by atoms with Gasteiger partial charge in [0.2, 0.25) is 11.8 Å². The first-order chi connectivity index (χ1) is 17.1. The fourth-order valence-corrected chi connectivity index (χ4v) is 4.17. The normalized spacial score (nSPS) is 13.9. The third-order valence-electron chi connectivity index (χ3n) is 5.76. The molecule has 2 rings (SSSR count). The number of nitrogens with zero attached hydrogens (tertiary/aromatic N) is 1. The molecular weight excluding hydrogens is 495 g/mol. The highest BCUT2D eigenvalue weighted by Crippen LogP contribution is 2.37. The number of phosphoric ester groups is 1. The van der Waals surface area contributed by atoms with Crippen molar-refractivity contribution in [3.8, 4) is 5.75 Å². The summed E-state index contributed by atoms with van der Waals surface area (Å²) in [6, 6.07) is 14.2. The summed E-state index contributed by atoms with van der Waals surface area (Å²) < 4.78 is 15.5. The maximum absolute atomic E-state index is 13.2. The predicted molar refractivity (Wildman–Crippen MR) is 143 cm³/mol. The van der Waals surface area contributed by atoms with Gasteiger partial charge in [0.05, 0.1) is 6.04 Å². The number of anilines is 1. The smallest absolute Gasteiger partial charge is 0.404 e. The minimum absolute atomic E-state index is 0.00527. The molecule has 0 radical (unpaired) electrons. The number of amides is 2. The van der Waals surface area contributed by atoms with E-state index in [9.17, 15) is 18.9 Å². The van der Waals surface area contributed by atoms with E-state index in [0.29, 0.717) is 11.1 Å². The van der Waals surface area contributed by atoms with Crippen molar-refractivity contribution in [1.29, 1.82) is 0 Å². The summed E-state index contributed by atoms with van der Waals surface area (Å²) in [5, 5.41) is 2.79. The van der Waals surface area contributed by atoms with Gasteiger partial charge in [0, 0.05) is 31.1 Å². The van der Waals surface area contributed by atoms with Crippen LogP contribution < -0.4 is 14.7 Å². The lowest BCUT2D eigenvalue weighted by molar-refractivity contribution is -0.131. The average molecular weight is 531 g/mol. The van der Waals surface area contributed by atoms with Gasteiger partial charge in [-0.15, -0.1) is 0 Å². The van der Waals surface area contributed by atoms with E-state index in [2.05, 4.69) is 9.84 Å². The van der Waals surface area contributed by atoms with Gasteiger partial charge in [-0.3, -0.25) is 24.2 Å². The van der Waals surface area contributed by atoms with Crippen LogP contribution >= 0.6 is 7.82 Å². The van der Waals surface area contributed by atoms with Crippen LogP contribution in [0.15, 0.2) is 60.7 Å². The zero-order valence-corrected chi connectivity index (χ0v) is 22.9. The molecule has 0 spiro atoms. The van der Waals surface area contributed by atoms with Gasteiger partial charge in [-0.1, -0.05) is 58.0 Å². The van der Waals surface area contributed by atoms with Crippen LogP contribution in [0.5, 0.6) is 5.75 Å². The van der Waals surface area contributed by atoms with Crippen LogP contribution in [0.25, 0.3) is 5.57 Å². The minimum atomic E-state index is -4.66. The Balaban J connectivity index is 2.09. The number of hydrogen-bond acceptors (Lipinski definition) is 5. The number of benzene rings is 2. The molecular formula is C27H35N2O7P. The third-order valence-corrected chi connectivity index (χ3v) is 6.21. The van der Waals surface area contributed by atoms with Crippen molar-refractivity contribution in [3.05, 3.63) is 66.2 Å². The Bertz CT molecular complexity index is 1180. The highest BCUT2D eigenvalue weighted by Gasteiger charge is 2.34. The summed E-state index contributed by atoms with van der Waals surface area (Å²) in [7, 11) is -3.00. The number of nitrogens with one attached hydrogen (secondary N) is 1. The molecule has 0 aliphatic carbocycles. The summed E-state index contributed by atoms with van der Waals surface area (Å²) in [5.74, 6) is -1.49. The van der Waals surface area contributed by atoms with Gasteiger partial charge in [0.25, 0.3) is 0 Å². The number of phosphoric acid groups is 1. The molecule has 0 aliphatic rings. The molecule has 0 fully saturated rings. The van der Waals surface area contributed by atoms with E-state index in [4.69, 9.17) is 9.79 Å². The standard InChI is InChI=1S/C27H35N2O7P/c1-18(20-12-14-22(15-13-20)36-37(33,34)35)17-24(31)28-25(27(3,4)5)23(30)16-19(2)26(32)29(6)21-10-8-7-9-11-21/h7-15,17,19,25H,16H2,1-6H3,(H,28,31)(H2,33,34,35)/b18-17+/t19-,25-/m1/s1. The van der Waals surface area contributed by atoms with Gasteiger partial charge in [0.15, 0.2) is 5.78 Å². The zero-order chi connectivity index (χ0) is 28.0. The summed E-state index contributed by atoms with van der Waals surface area (Å²) in [6.07, 6.45) is 1.32. The van der Waals surface area contributed by atoms with Gasteiger partial charge in [-0.05, 0) is 47.7 Å². The van der Waals surface area contributed by atoms with E-state index < -0.39 is 31.1 Å². The number of allylic oxidation sites excluding steroid dienone is 1. The summed E-state index contributed by atoms with van der Waals surface area (Å²) in [5.41, 5.74) is 1.35. The molecule has 0 bridgehead atoms. The Hall–Kier alpha value is -3.26. The molecule has 2 aromatic carbocycles. The molecule has 10 heteroatoms. The van der Waals surface area contributed by atoms with E-state index in [1.54, 1.807) is 33.0 Å². The molecule has 9 nitrogen and oxygen atoms in total. The lowest BCUT2D eigenvalue weighted by Gasteiger charge is -2.31. The molecule has 37 heavy (non-hydrogen) atoms. The zero-order valence-electron chi connectivity index (χ0n) is 22.0. The Morgan fingerprint density at radius 1 is 1.05 bits per heavy atom. The Labute approximate surface area is 217 Å². The quantitative estimate of drug-likeness (QED) is 0.307. The maximum Gasteiger partial charge on any atom is 0.524 e. The van der Waals surface area contributed by atoms with Gasteiger partial charge in [0.1, 0.15) is 5.75 Å². The molecule has 2 aromatic rings. The number of para-hydroxylation sites is 1. The predicted octanol–water partition coefficient (Wildman–Crippen LogP) is 4.35. The molecule has 0 heterocycles. The monoisotopic (exact) mass is 530 g/mol. The Kier molecular flexibility index (Phi) is 9.98. The largest absolute Gasteiger partial charge is 0.524 e. The van der Waals surface area contributed by atoms with Crippen molar-refractivity contribution in [3.63, 3.8) is 0 Å². The van der Waals surface area contributed by atoms with Crippen molar-refractivity contribution in [1.82, 2.24) is 5.32 Å². The number of rotatable bonds is 10. The molecule has 2 amide bonds. The van der Waals surface area contributed by atoms with Crippen molar-refractivity contribution in [2.45, 2.75) is 47.1 Å². The Morgan fingerprint density at radius 3 is 2.14 bits per heavy atom. The van der Waals surface area contributed by atoms with Gasteiger partial charge in [-0.25, -0.2) is 4.57 Å². The summed E-state index contributed by atoms with van der Waals surface area (Å²) in [6.45, 7) is 8.93. The maximum atomic E-state index is 13.2. The molecule has 0 unspecified atom stereocenters. The van der Waals surface area contributed by atoms with Crippen molar-refractivity contribution in [2.75, 3.05) is 11.9 Å². The summed E-state index contributed by atoms with van der Waals surface area (Å²) in [4.78, 5) is 58.3. The van der Waals surface area contributed by atoms with Gasteiger partial charge >= 0.3 is 7.82 Å². The second-order valence-corrected chi connectivity index (χ2v) is 11.2. The molecule has 2 atom stereocenters. The summed E-state index contributed by atoms with van der Waals surface area (Å²) >= 11 is 0. The third kappa shape index (κ3) is 9.28. The fraction of sp³-hybridized carbons (Fsp3) is 0.370. The van der Waals surface area contributed by atoms with Crippen molar-refractivity contribution >= 4 is 36.7 Å². The van der Waals surface area contributed by atoms with E-state index >= 15 is 0 Å². The van der Waals surface area contributed by atoms with Crippen molar-refractivity contribution < 1.29 is 33.3 Å². The van der Waals surface area contributed by atoms with Crippen LogP contribution in [-0.2, 0) is 18.9 Å². The van der Waals surface area contributed by atoms with E-state index in [1.165, 1.54) is 23.1 Å². The highest BCUT2D eigenvalue weighted by atomic mass is 31.2. The minimum Gasteiger partial charge on any atom is -0.404 e. The van der Waals surface area contributed by atoms with E-state index in [-0.39, 0.29) is 23.9 Å². The Morgan fingerprint density at radius 2 is 1.62 bits per heavy atom. The SMILES string of the molecule is C/C(=C\C(=O)N[C@H](C(=O)C[C@@H](C)C(=O)N(C)c1ccccc1)C(C)(C)C)c1ccc(OP(=O)(O)O)cc1.